The van der Waals surface area contributed by atoms with E-state index in [2.05, 4.69) is 27.7 Å². The van der Waals surface area contributed by atoms with Gasteiger partial charge in [-0.05, 0) is 34.0 Å². The van der Waals surface area contributed by atoms with Gasteiger partial charge in [-0.15, -0.1) is 0 Å². The summed E-state index contributed by atoms with van der Waals surface area (Å²) in [5.74, 6) is 0. The zero-order chi connectivity index (χ0) is 13.6. The van der Waals surface area contributed by atoms with Crippen molar-refractivity contribution < 1.29 is 0 Å². The number of benzene rings is 2. The highest BCUT2D eigenvalue weighted by Gasteiger charge is 2.18. The number of halogens is 3. The molecule has 0 saturated heterocycles. The lowest BCUT2D eigenvalue weighted by Gasteiger charge is -2.11. The van der Waals surface area contributed by atoms with E-state index in [0.29, 0.717) is 10.0 Å². The van der Waals surface area contributed by atoms with Gasteiger partial charge in [-0.3, -0.25) is 4.68 Å². The van der Waals surface area contributed by atoms with Crippen LogP contribution in [0.5, 0.6) is 0 Å². The van der Waals surface area contributed by atoms with Crippen LogP contribution in [-0.2, 0) is 7.05 Å². The maximum absolute atomic E-state index is 6.55. The average Bonchev–Trinajstić information content (AvgIpc) is 2.71. The van der Waals surface area contributed by atoms with E-state index in [1.807, 2.05) is 37.4 Å². The zero-order valence-electron chi connectivity index (χ0n) is 9.99. The van der Waals surface area contributed by atoms with Gasteiger partial charge in [-0.25, -0.2) is 0 Å². The van der Waals surface area contributed by atoms with E-state index in [1.165, 1.54) is 0 Å². The third-order valence-electron chi connectivity index (χ3n) is 3.07. The summed E-state index contributed by atoms with van der Waals surface area (Å²) in [6.45, 7) is 0. The van der Waals surface area contributed by atoms with Gasteiger partial charge < -0.3 is 0 Å². The van der Waals surface area contributed by atoms with Crippen molar-refractivity contribution in [3.05, 3.63) is 50.1 Å². The van der Waals surface area contributed by atoms with Crippen LogP contribution in [-0.4, -0.2) is 9.78 Å². The van der Waals surface area contributed by atoms with Gasteiger partial charge in [0.2, 0.25) is 0 Å². The van der Waals surface area contributed by atoms with Gasteiger partial charge in [-0.1, -0.05) is 47.5 Å². The quantitative estimate of drug-likeness (QED) is 0.514. The van der Waals surface area contributed by atoms with Crippen LogP contribution >= 0.6 is 45.8 Å². The third kappa shape index (κ3) is 2.14. The molecule has 0 bridgehead atoms. The maximum Gasteiger partial charge on any atom is 0.0842 e. The van der Waals surface area contributed by atoms with Crippen molar-refractivity contribution in [3.8, 4) is 11.3 Å². The highest BCUT2D eigenvalue weighted by Crippen LogP contribution is 2.41. The van der Waals surface area contributed by atoms with E-state index in [4.69, 9.17) is 23.2 Å². The van der Waals surface area contributed by atoms with Gasteiger partial charge in [0.25, 0.3) is 0 Å². The lowest BCUT2D eigenvalue weighted by atomic mass is 10.0. The normalized spacial score (nSPS) is 11.2. The highest BCUT2D eigenvalue weighted by atomic mass is 127. The number of nitrogens with zero attached hydrogens (tertiary/aromatic N) is 2. The summed E-state index contributed by atoms with van der Waals surface area (Å²) in [6, 6.07) is 9.90. The second-order valence-corrected chi connectivity index (χ2v) is 6.18. The van der Waals surface area contributed by atoms with Gasteiger partial charge in [-0.2, -0.15) is 5.10 Å². The SMILES string of the molecule is Cn1ncc(I)c1-c1c(Cl)cc2ccccc2c1Cl. The molecule has 0 spiro atoms. The topological polar surface area (TPSA) is 17.8 Å². The number of fused-ring (bicyclic) bond motifs is 1. The molecule has 96 valence electrons. The van der Waals surface area contributed by atoms with E-state index in [1.54, 1.807) is 10.9 Å². The Labute approximate surface area is 134 Å². The molecule has 0 fully saturated rings. The molecule has 1 aromatic heterocycles. The molecule has 2 aromatic carbocycles. The fourth-order valence-electron chi connectivity index (χ4n) is 2.18. The van der Waals surface area contributed by atoms with Crippen molar-refractivity contribution in [1.82, 2.24) is 9.78 Å². The largest absolute Gasteiger partial charge is 0.267 e. The Morgan fingerprint density at radius 1 is 1.21 bits per heavy atom. The second-order valence-electron chi connectivity index (χ2n) is 4.23. The van der Waals surface area contributed by atoms with Crippen molar-refractivity contribution in [3.63, 3.8) is 0 Å². The summed E-state index contributed by atoms with van der Waals surface area (Å²) in [5, 5.41) is 7.60. The van der Waals surface area contributed by atoms with Gasteiger partial charge in [0.05, 0.1) is 25.5 Å². The number of rotatable bonds is 1. The molecule has 0 atom stereocenters. The van der Waals surface area contributed by atoms with Gasteiger partial charge in [0.15, 0.2) is 0 Å². The minimum absolute atomic E-state index is 0.644. The Hall–Kier alpha value is -0.780. The predicted octanol–water partition coefficient (Wildman–Crippen LogP) is 5.15. The standard InChI is InChI=1S/C14H9Cl2IN2/c1-19-14(11(17)7-18-19)12-10(15)6-8-4-2-3-5-9(8)13(12)16/h2-7H,1H3. The van der Waals surface area contributed by atoms with Crippen molar-refractivity contribution in [2.24, 2.45) is 7.05 Å². The molecule has 0 unspecified atom stereocenters. The van der Waals surface area contributed by atoms with Gasteiger partial charge >= 0.3 is 0 Å². The van der Waals surface area contributed by atoms with E-state index < -0.39 is 0 Å². The molecule has 0 N–H and O–H groups in total. The molecule has 0 aliphatic heterocycles. The van der Waals surface area contributed by atoms with Crippen LogP contribution in [0.25, 0.3) is 22.0 Å². The summed E-state index contributed by atoms with van der Waals surface area (Å²) in [6.07, 6.45) is 1.80. The Morgan fingerprint density at radius 3 is 2.63 bits per heavy atom. The summed E-state index contributed by atoms with van der Waals surface area (Å²) in [5.41, 5.74) is 1.78. The van der Waals surface area contributed by atoms with Gasteiger partial charge in [0.1, 0.15) is 0 Å². The van der Waals surface area contributed by atoms with Crippen LogP contribution in [0.3, 0.4) is 0 Å². The fraction of sp³-hybridized carbons (Fsp3) is 0.0714. The molecule has 3 rings (SSSR count). The molecular formula is C14H9Cl2IN2. The highest BCUT2D eigenvalue weighted by molar-refractivity contribution is 14.1. The van der Waals surface area contributed by atoms with E-state index >= 15 is 0 Å². The number of aromatic nitrogens is 2. The van der Waals surface area contributed by atoms with Crippen LogP contribution in [0.15, 0.2) is 36.5 Å². The monoisotopic (exact) mass is 402 g/mol. The molecule has 1 heterocycles. The molecule has 0 aliphatic carbocycles. The van der Waals surface area contributed by atoms with Crippen LogP contribution in [0.2, 0.25) is 10.0 Å². The van der Waals surface area contributed by atoms with Crippen molar-refractivity contribution >= 4 is 56.6 Å². The maximum atomic E-state index is 6.55. The Kier molecular flexibility index (Phi) is 3.45. The lowest BCUT2D eigenvalue weighted by molar-refractivity contribution is 0.776. The van der Waals surface area contributed by atoms with Crippen molar-refractivity contribution in [1.29, 1.82) is 0 Å². The number of hydrogen-bond donors (Lipinski definition) is 0. The summed E-state index contributed by atoms with van der Waals surface area (Å²) in [7, 11) is 1.89. The van der Waals surface area contributed by atoms with Crippen LogP contribution in [0.4, 0.5) is 0 Å². The predicted molar refractivity (Wildman–Crippen MR) is 88.9 cm³/mol. The van der Waals surface area contributed by atoms with E-state index in [9.17, 15) is 0 Å². The third-order valence-corrected chi connectivity index (χ3v) is 4.55. The van der Waals surface area contributed by atoms with E-state index in [-0.39, 0.29) is 0 Å². The van der Waals surface area contributed by atoms with Crippen LogP contribution < -0.4 is 0 Å². The molecule has 0 saturated carbocycles. The Balaban J connectivity index is 2.42. The molecule has 3 aromatic rings. The molecule has 0 amide bonds. The fourth-order valence-corrected chi connectivity index (χ4v) is 3.64. The molecule has 0 aliphatic rings. The molecule has 5 heteroatoms. The molecule has 2 nitrogen and oxygen atoms in total. The average molecular weight is 403 g/mol. The lowest BCUT2D eigenvalue weighted by Crippen LogP contribution is -1.96. The van der Waals surface area contributed by atoms with Crippen molar-refractivity contribution in [2.45, 2.75) is 0 Å². The Morgan fingerprint density at radius 2 is 1.95 bits per heavy atom. The number of hydrogen-bond acceptors (Lipinski definition) is 1. The zero-order valence-corrected chi connectivity index (χ0v) is 13.7. The summed E-state index contributed by atoms with van der Waals surface area (Å²) < 4.78 is 2.82. The first kappa shape index (κ1) is 13.2. The molecular weight excluding hydrogens is 394 g/mol. The minimum Gasteiger partial charge on any atom is -0.267 e. The van der Waals surface area contributed by atoms with Gasteiger partial charge in [0, 0.05) is 18.0 Å². The first-order valence-electron chi connectivity index (χ1n) is 5.64. The second kappa shape index (κ2) is 4.96. The molecule has 0 radical (unpaired) electrons. The van der Waals surface area contributed by atoms with E-state index in [0.717, 1.165) is 25.6 Å². The van der Waals surface area contributed by atoms with Crippen LogP contribution in [0.1, 0.15) is 0 Å². The first-order valence-corrected chi connectivity index (χ1v) is 7.47. The Bertz CT molecular complexity index is 761. The van der Waals surface area contributed by atoms with Crippen LogP contribution in [0, 0.1) is 3.57 Å². The number of aryl methyl sites for hydroxylation is 1. The smallest absolute Gasteiger partial charge is 0.0842 e. The minimum atomic E-state index is 0.644. The first-order chi connectivity index (χ1) is 9.09. The summed E-state index contributed by atoms with van der Waals surface area (Å²) in [4.78, 5) is 0. The van der Waals surface area contributed by atoms with Crippen molar-refractivity contribution in [2.75, 3.05) is 0 Å². The summed E-state index contributed by atoms with van der Waals surface area (Å²) >= 11 is 15.2. The molecule has 19 heavy (non-hydrogen) atoms.